The van der Waals surface area contributed by atoms with Crippen molar-refractivity contribution >= 4 is 22.6 Å². The van der Waals surface area contributed by atoms with Crippen LogP contribution in [0.2, 0.25) is 0 Å². The lowest BCUT2D eigenvalue weighted by Gasteiger charge is -2.39. The first-order chi connectivity index (χ1) is 27.0. The molecule has 0 aromatic heterocycles. The van der Waals surface area contributed by atoms with Crippen LogP contribution < -0.4 is 5.32 Å². The molecule has 2 heterocycles. The Morgan fingerprint density at radius 3 is 2.32 bits per heavy atom. The van der Waals surface area contributed by atoms with Crippen LogP contribution in [0.3, 0.4) is 0 Å². The SMILES string of the molecule is C[C@H](c1ccc2ccccc2c1)N(C)C[C@H]1C[C@@H](c2ccc(CO)cc2)O[C@@H](c2ccc(-c3ccccc3CNC(=O)[C@@H]3CCCN3C(=O)C(F)(F)F)cc2)O1. The second-order valence-corrected chi connectivity index (χ2v) is 14.7. The number of hydrogen-bond acceptors (Lipinski definition) is 6. The maximum Gasteiger partial charge on any atom is 0.471 e. The van der Waals surface area contributed by atoms with Crippen molar-refractivity contribution in [2.75, 3.05) is 20.1 Å². The molecule has 5 aromatic carbocycles. The molecule has 56 heavy (non-hydrogen) atoms. The molecule has 2 amide bonds. The van der Waals surface area contributed by atoms with Crippen LogP contribution in [0.15, 0.2) is 115 Å². The van der Waals surface area contributed by atoms with Crippen LogP contribution in [0.1, 0.15) is 72.4 Å². The standard InChI is InChI=1S/C45H46F3N3O5/c1-29(35-22-17-31-8-3-4-9-36(31)24-35)50(2)27-38-25-41(33-15-13-30(28-52)14-16-33)56-43(55-38)34-20-18-32(19-21-34)39-11-6-5-10-37(39)26-49-42(53)40-12-7-23-51(40)44(54)45(46,47)48/h3-6,8-11,13-22,24,29,38,40-41,43,52H,7,12,23,25-28H2,1-2H3,(H,49,53)/t29-,38-,40+,41+,43+/m1/s1. The van der Waals surface area contributed by atoms with Crippen LogP contribution in [-0.4, -0.2) is 65.2 Å². The third kappa shape index (κ3) is 8.81. The third-order valence-electron chi connectivity index (χ3n) is 11.0. The molecule has 2 fully saturated rings. The maximum absolute atomic E-state index is 13.1. The fourth-order valence-electron chi connectivity index (χ4n) is 7.76. The average Bonchev–Trinajstić information content (AvgIpc) is 3.72. The van der Waals surface area contributed by atoms with Crippen molar-refractivity contribution in [3.05, 3.63) is 143 Å². The molecule has 5 atom stereocenters. The van der Waals surface area contributed by atoms with E-state index in [2.05, 4.69) is 60.6 Å². The van der Waals surface area contributed by atoms with E-state index in [4.69, 9.17) is 9.47 Å². The number of aliphatic hydroxyl groups is 1. The lowest BCUT2D eigenvalue weighted by molar-refractivity contribution is -0.253. The van der Waals surface area contributed by atoms with E-state index in [1.807, 2.05) is 78.9 Å². The van der Waals surface area contributed by atoms with Gasteiger partial charge < -0.3 is 24.8 Å². The van der Waals surface area contributed by atoms with Crippen LogP contribution in [0, 0.1) is 0 Å². The van der Waals surface area contributed by atoms with Gasteiger partial charge in [-0.2, -0.15) is 13.2 Å². The first kappa shape index (κ1) is 39.2. The quantitative estimate of drug-likeness (QED) is 0.140. The van der Waals surface area contributed by atoms with Crippen LogP contribution in [0.4, 0.5) is 13.2 Å². The van der Waals surface area contributed by atoms with Crippen molar-refractivity contribution < 1.29 is 37.3 Å². The molecular formula is C45H46F3N3O5. The summed E-state index contributed by atoms with van der Waals surface area (Å²) < 4.78 is 52.7. The van der Waals surface area contributed by atoms with Gasteiger partial charge in [-0.1, -0.05) is 109 Å². The maximum atomic E-state index is 13.1. The molecule has 7 rings (SSSR count). The summed E-state index contributed by atoms with van der Waals surface area (Å²) in [7, 11) is 2.11. The van der Waals surface area contributed by atoms with Gasteiger partial charge in [0, 0.05) is 37.7 Å². The molecule has 0 bridgehead atoms. The molecule has 2 saturated heterocycles. The molecule has 0 saturated carbocycles. The zero-order valence-electron chi connectivity index (χ0n) is 31.4. The number of benzene rings is 5. The fourth-order valence-corrected chi connectivity index (χ4v) is 7.76. The number of aliphatic hydroxyl groups excluding tert-OH is 1. The summed E-state index contributed by atoms with van der Waals surface area (Å²) in [5.74, 6) is -2.59. The number of nitrogens with zero attached hydrogens (tertiary/aromatic N) is 2. The van der Waals surface area contributed by atoms with Crippen molar-refractivity contribution in [1.29, 1.82) is 0 Å². The summed E-state index contributed by atoms with van der Waals surface area (Å²) in [4.78, 5) is 27.9. The Labute approximate surface area is 324 Å². The Morgan fingerprint density at radius 2 is 1.59 bits per heavy atom. The molecule has 2 aliphatic heterocycles. The minimum atomic E-state index is -5.03. The normalized spacial score (nSPS) is 20.7. The summed E-state index contributed by atoms with van der Waals surface area (Å²) in [6.45, 7) is 2.80. The Hall–Kier alpha value is -5.07. The second-order valence-electron chi connectivity index (χ2n) is 14.7. The first-order valence-electron chi connectivity index (χ1n) is 19.0. The minimum absolute atomic E-state index is 0.0401. The summed E-state index contributed by atoms with van der Waals surface area (Å²) >= 11 is 0. The minimum Gasteiger partial charge on any atom is -0.392 e. The molecule has 8 nitrogen and oxygen atoms in total. The largest absolute Gasteiger partial charge is 0.471 e. The number of rotatable bonds is 11. The van der Waals surface area contributed by atoms with Gasteiger partial charge >= 0.3 is 12.1 Å². The van der Waals surface area contributed by atoms with E-state index in [0.29, 0.717) is 24.3 Å². The third-order valence-corrected chi connectivity index (χ3v) is 11.0. The number of likely N-dealkylation sites (N-methyl/N-ethyl adjacent to an activating group) is 1. The van der Waals surface area contributed by atoms with Gasteiger partial charge in [0.2, 0.25) is 5.91 Å². The van der Waals surface area contributed by atoms with Gasteiger partial charge in [0.25, 0.3) is 0 Å². The number of likely N-dealkylation sites (tertiary alicyclic amines) is 1. The van der Waals surface area contributed by atoms with E-state index in [1.54, 1.807) is 0 Å². The molecule has 2 N–H and O–H groups in total. The van der Waals surface area contributed by atoms with E-state index in [-0.39, 0.29) is 44.4 Å². The summed E-state index contributed by atoms with van der Waals surface area (Å²) in [5, 5.41) is 14.8. The number of fused-ring (bicyclic) bond motifs is 1. The van der Waals surface area contributed by atoms with Crippen molar-refractivity contribution in [3.8, 4) is 11.1 Å². The molecule has 2 aliphatic rings. The smallest absolute Gasteiger partial charge is 0.392 e. The highest BCUT2D eigenvalue weighted by atomic mass is 19.4. The molecule has 0 spiro atoms. The number of ether oxygens (including phenoxy) is 2. The van der Waals surface area contributed by atoms with E-state index in [0.717, 1.165) is 33.4 Å². The molecule has 5 aromatic rings. The summed E-state index contributed by atoms with van der Waals surface area (Å²) in [5.41, 5.74) is 6.39. The van der Waals surface area contributed by atoms with Gasteiger partial charge in [-0.3, -0.25) is 14.5 Å². The van der Waals surface area contributed by atoms with E-state index >= 15 is 0 Å². The molecule has 292 valence electrons. The van der Waals surface area contributed by atoms with Crippen molar-refractivity contribution in [3.63, 3.8) is 0 Å². The topological polar surface area (TPSA) is 91.3 Å². The van der Waals surface area contributed by atoms with Crippen molar-refractivity contribution in [2.24, 2.45) is 0 Å². The van der Waals surface area contributed by atoms with Gasteiger partial charge in [-0.05, 0) is 77.0 Å². The van der Waals surface area contributed by atoms with Crippen LogP contribution in [0.25, 0.3) is 21.9 Å². The van der Waals surface area contributed by atoms with E-state index in [9.17, 15) is 27.9 Å². The number of amides is 2. The Bertz CT molecular complexity index is 2140. The molecule has 11 heteroatoms. The summed E-state index contributed by atoms with van der Waals surface area (Å²) in [6.07, 6.45) is -4.94. The lowest BCUT2D eigenvalue weighted by Crippen LogP contribution is -2.50. The number of halogens is 3. The first-order valence-corrected chi connectivity index (χ1v) is 19.0. The van der Waals surface area contributed by atoms with Crippen LogP contribution in [0.5, 0.6) is 0 Å². The van der Waals surface area contributed by atoms with Crippen LogP contribution in [-0.2, 0) is 32.2 Å². The van der Waals surface area contributed by atoms with Gasteiger partial charge in [-0.25, -0.2) is 0 Å². The average molecular weight is 766 g/mol. The number of carbonyl (C=O) groups is 2. The van der Waals surface area contributed by atoms with E-state index in [1.165, 1.54) is 16.3 Å². The Balaban J connectivity index is 1.06. The lowest BCUT2D eigenvalue weighted by atomic mass is 9.97. The molecule has 0 radical (unpaired) electrons. The van der Waals surface area contributed by atoms with Gasteiger partial charge in [0.15, 0.2) is 6.29 Å². The van der Waals surface area contributed by atoms with E-state index < -0.39 is 30.3 Å². The summed E-state index contributed by atoms with van der Waals surface area (Å²) in [6, 6.07) is 37.1. The highest BCUT2D eigenvalue weighted by molar-refractivity contribution is 5.90. The predicted molar refractivity (Wildman–Crippen MR) is 208 cm³/mol. The highest BCUT2D eigenvalue weighted by Crippen LogP contribution is 2.39. The zero-order valence-corrected chi connectivity index (χ0v) is 31.4. The number of carbonyl (C=O) groups excluding carboxylic acids is 2. The Morgan fingerprint density at radius 1 is 0.893 bits per heavy atom. The van der Waals surface area contributed by atoms with Crippen molar-refractivity contribution in [2.45, 2.75) is 76.1 Å². The monoisotopic (exact) mass is 765 g/mol. The highest BCUT2D eigenvalue weighted by Gasteiger charge is 2.47. The molecule has 0 unspecified atom stereocenters. The fraction of sp³-hybridized carbons (Fsp3) is 0.333. The van der Waals surface area contributed by atoms with Crippen LogP contribution >= 0.6 is 0 Å². The van der Waals surface area contributed by atoms with Gasteiger partial charge in [0.1, 0.15) is 6.04 Å². The number of alkyl halides is 3. The second kappa shape index (κ2) is 17.0. The number of nitrogens with one attached hydrogen (secondary N) is 1. The van der Waals surface area contributed by atoms with Gasteiger partial charge in [0.05, 0.1) is 18.8 Å². The predicted octanol–water partition coefficient (Wildman–Crippen LogP) is 8.41. The van der Waals surface area contributed by atoms with Crippen molar-refractivity contribution in [1.82, 2.24) is 15.1 Å². The molecule has 0 aliphatic carbocycles. The molecular weight excluding hydrogens is 720 g/mol. The Kier molecular flexibility index (Phi) is 11.9. The number of hydrogen-bond donors (Lipinski definition) is 2. The zero-order chi connectivity index (χ0) is 39.4. The van der Waals surface area contributed by atoms with Gasteiger partial charge in [-0.15, -0.1) is 0 Å².